The number of anilines is 1. The van der Waals surface area contributed by atoms with E-state index in [2.05, 4.69) is 25.2 Å². The molecule has 4 heteroatoms. The van der Waals surface area contributed by atoms with E-state index in [1.165, 1.54) is 0 Å². The number of amides is 1. The first-order chi connectivity index (χ1) is 11.1. The summed E-state index contributed by atoms with van der Waals surface area (Å²) < 4.78 is 5.61. The Labute approximate surface area is 136 Å². The van der Waals surface area contributed by atoms with Crippen molar-refractivity contribution in [1.82, 2.24) is 0 Å². The quantitative estimate of drug-likeness (QED) is 0.876. The van der Waals surface area contributed by atoms with E-state index in [9.17, 15) is 4.79 Å². The van der Waals surface area contributed by atoms with Crippen LogP contribution in [0.3, 0.4) is 0 Å². The van der Waals surface area contributed by atoms with Gasteiger partial charge >= 0.3 is 0 Å². The summed E-state index contributed by atoms with van der Waals surface area (Å²) in [6.45, 7) is 4.85. The molecule has 118 valence electrons. The maximum Gasteiger partial charge on any atom is 0.255 e. The van der Waals surface area contributed by atoms with Crippen LogP contribution in [0, 0.1) is 17.2 Å². The molecule has 0 bridgehead atoms. The fraction of sp³-hybridized carbons (Fsp3) is 0.263. The largest absolute Gasteiger partial charge is 0.493 e. The second-order valence-corrected chi connectivity index (χ2v) is 5.72. The van der Waals surface area contributed by atoms with Gasteiger partial charge in [-0.25, -0.2) is 0 Å². The Balaban J connectivity index is 2.00. The normalized spacial score (nSPS) is 10.2. The van der Waals surface area contributed by atoms with Crippen LogP contribution in [0.15, 0.2) is 48.5 Å². The minimum absolute atomic E-state index is 0.194. The van der Waals surface area contributed by atoms with Gasteiger partial charge in [0.25, 0.3) is 5.91 Å². The van der Waals surface area contributed by atoms with Gasteiger partial charge in [0.15, 0.2) is 0 Å². The van der Waals surface area contributed by atoms with Crippen LogP contribution in [0.4, 0.5) is 5.69 Å². The standard InChI is InChI=1S/C19H20N2O2/c1-14(2)13-23-18-8-6-17(7-9-18)21-19(22)16-5-3-4-15(12-16)10-11-20/h3-9,12,14H,10,13H2,1-2H3,(H,21,22). The third kappa shape index (κ3) is 5.15. The van der Waals surface area contributed by atoms with Crippen LogP contribution in [-0.2, 0) is 6.42 Å². The highest BCUT2D eigenvalue weighted by atomic mass is 16.5. The fourth-order valence-electron chi connectivity index (χ4n) is 2.01. The third-order valence-corrected chi connectivity index (χ3v) is 3.17. The van der Waals surface area contributed by atoms with Crippen molar-refractivity contribution >= 4 is 11.6 Å². The highest BCUT2D eigenvalue weighted by molar-refractivity contribution is 6.04. The summed E-state index contributed by atoms with van der Waals surface area (Å²) in [7, 11) is 0. The number of rotatable bonds is 6. The number of nitriles is 1. The Hall–Kier alpha value is -2.80. The lowest BCUT2D eigenvalue weighted by atomic mass is 10.1. The van der Waals surface area contributed by atoms with Gasteiger partial charge in [-0.05, 0) is 47.9 Å². The molecule has 0 aliphatic rings. The van der Waals surface area contributed by atoms with E-state index < -0.39 is 0 Å². The monoisotopic (exact) mass is 308 g/mol. The van der Waals surface area contributed by atoms with Crippen LogP contribution in [0.1, 0.15) is 29.8 Å². The molecule has 2 rings (SSSR count). The van der Waals surface area contributed by atoms with Gasteiger partial charge in [0, 0.05) is 11.3 Å². The maximum absolute atomic E-state index is 12.2. The van der Waals surface area contributed by atoms with Gasteiger partial charge in [0.05, 0.1) is 19.1 Å². The predicted octanol–water partition coefficient (Wildman–Crippen LogP) is 4.04. The molecule has 0 aromatic heterocycles. The maximum atomic E-state index is 12.2. The zero-order chi connectivity index (χ0) is 16.7. The molecule has 1 N–H and O–H groups in total. The Kier molecular flexibility index (Phi) is 5.76. The van der Waals surface area contributed by atoms with Crippen molar-refractivity contribution in [2.24, 2.45) is 5.92 Å². The Morgan fingerprint density at radius 3 is 2.61 bits per heavy atom. The molecule has 0 saturated heterocycles. The van der Waals surface area contributed by atoms with Crippen molar-refractivity contribution < 1.29 is 9.53 Å². The molecule has 0 spiro atoms. The number of ether oxygens (including phenoxy) is 1. The molecule has 23 heavy (non-hydrogen) atoms. The second-order valence-electron chi connectivity index (χ2n) is 5.72. The molecule has 0 aliphatic heterocycles. The van der Waals surface area contributed by atoms with Crippen molar-refractivity contribution in [3.05, 3.63) is 59.7 Å². The SMILES string of the molecule is CC(C)COc1ccc(NC(=O)c2cccc(CC#N)c2)cc1. The summed E-state index contributed by atoms with van der Waals surface area (Å²) in [6.07, 6.45) is 0.295. The molecular weight excluding hydrogens is 288 g/mol. The molecule has 4 nitrogen and oxygen atoms in total. The highest BCUT2D eigenvalue weighted by Gasteiger charge is 2.07. The molecule has 2 aromatic rings. The Morgan fingerprint density at radius 2 is 1.96 bits per heavy atom. The average Bonchev–Trinajstić information content (AvgIpc) is 2.55. The van der Waals surface area contributed by atoms with Crippen molar-refractivity contribution in [3.63, 3.8) is 0 Å². The van der Waals surface area contributed by atoms with Crippen molar-refractivity contribution in [1.29, 1.82) is 5.26 Å². The molecular formula is C19H20N2O2. The van der Waals surface area contributed by atoms with Crippen LogP contribution < -0.4 is 10.1 Å². The molecule has 0 fully saturated rings. The second kappa shape index (κ2) is 8.00. The first-order valence-corrected chi connectivity index (χ1v) is 7.58. The number of hydrogen-bond donors (Lipinski definition) is 1. The molecule has 0 unspecified atom stereocenters. The van der Waals surface area contributed by atoms with E-state index in [4.69, 9.17) is 10.00 Å². The van der Waals surface area contributed by atoms with Crippen molar-refractivity contribution in [2.75, 3.05) is 11.9 Å². The first kappa shape index (κ1) is 16.6. The van der Waals surface area contributed by atoms with Gasteiger partial charge in [0.2, 0.25) is 0 Å². The smallest absolute Gasteiger partial charge is 0.255 e. The summed E-state index contributed by atoms with van der Waals surface area (Å²) in [5, 5.41) is 11.6. The van der Waals surface area contributed by atoms with Gasteiger partial charge in [-0.15, -0.1) is 0 Å². The zero-order valence-corrected chi connectivity index (χ0v) is 13.4. The van der Waals surface area contributed by atoms with Gasteiger partial charge in [0.1, 0.15) is 5.75 Å². The highest BCUT2D eigenvalue weighted by Crippen LogP contribution is 2.17. The van der Waals surface area contributed by atoms with Gasteiger partial charge in [-0.1, -0.05) is 26.0 Å². The lowest BCUT2D eigenvalue weighted by Crippen LogP contribution is -2.12. The van der Waals surface area contributed by atoms with Crippen molar-refractivity contribution in [2.45, 2.75) is 20.3 Å². The van der Waals surface area contributed by atoms with Gasteiger partial charge in [-0.3, -0.25) is 4.79 Å². The minimum atomic E-state index is -0.194. The molecule has 0 aliphatic carbocycles. The van der Waals surface area contributed by atoms with Gasteiger partial charge in [-0.2, -0.15) is 5.26 Å². The lowest BCUT2D eigenvalue weighted by molar-refractivity contribution is 0.102. The van der Waals surface area contributed by atoms with E-state index in [0.717, 1.165) is 11.3 Å². The van der Waals surface area contributed by atoms with Crippen LogP contribution in [0.5, 0.6) is 5.75 Å². The molecule has 0 heterocycles. The molecule has 0 saturated carbocycles. The molecule has 2 aromatic carbocycles. The topological polar surface area (TPSA) is 62.1 Å². The first-order valence-electron chi connectivity index (χ1n) is 7.58. The summed E-state index contributed by atoms with van der Waals surface area (Å²) >= 11 is 0. The number of carbonyl (C=O) groups excluding carboxylic acids is 1. The van der Waals surface area contributed by atoms with E-state index in [0.29, 0.717) is 30.2 Å². The third-order valence-electron chi connectivity index (χ3n) is 3.17. The van der Waals surface area contributed by atoms with E-state index in [-0.39, 0.29) is 5.91 Å². The summed E-state index contributed by atoms with van der Waals surface area (Å²) in [4.78, 5) is 12.2. The summed E-state index contributed by atoms with van der Waals surface area (Å²) in [6, 6.07) is 16.5. The molecule has 0 radical (unpaired) electrons. The number of hydrogen-bond acceptors (Lipinski definition) is 3. The summed E-state index contributed by atoms with van der Waals surface area (Å²) in [5.41, 5.74) is 2.08. The Morgan fingerprint density at radius 1 is 1.22 bits per heavy atom. The molecule has 1 amide bonds. The predicted molar refractivity (Wildman–Crippen MR) is 90.5 cm³/mol. The number of benzene rings is 2. The van der Waals surface area contributed by atoms with Gasteiger partial charge < -0.3 is 10.1 Å². The summed E-state index contributed by atoms with van der Waals surface area (Å²) in [5.74, 6) is 1.06. The van der Waals surface area contributed by atoms with Crippen LogP contribution >= 0.6 is 0 Å². The van der Waals surface area contributed by atoms with Crippen LogP contribution in [0.25, 0.3) is 0 Å². The van der Waals surface area contributed by atoms with Crippen LogP contribution in [0.2, 0.25) is 0 Å². The Bertz CT molecular complexity index is 700. The number of carbonyl (C=O) groups is 1. The number of nitrogens with zero attached hydrogens (tertiary/aromatic N) is 1. The minimum Gasteiger partial charge on any atom is -0.493 e. The van der Waals surface area contributed by atoms with E-state index >= 15 is 0 Å². The molecule has 0 atom stereocenters. The lowest BCUT2D eigenvalue weighted by Gasteiger charge is -2.10. The van der Waals surface area contributed by atoms with Crippen molar-refractivity contribution in [3.8, 4) is 11.8 Å². The number of nitrogens with one attached hydrogen (secondary N) is 1. The average molecular weight is 308 g/mol. The van der Waals surface area contributed by atoms with Crippen LogP contribution in [-0.4, -0.2) is 12.5 Å². The fourth-order valence-corrected chi connectivity index (χ4v) is 2.01. The van der Waals surface area contributed by atoms with E-state index in [1.54, 1.807) is 18.2 Å². The zero-order valence-electron chi connectivity index (χ0n) is 13.4. The van der Waals surface area contributed by atoms with E-state index in [1.807, 2.05) is 30.3 Å².